The lowest BCUT2D eigenvalue weighted by Crippen LogP contribution is -2.35. The summed E-state index contributed by atoms with van der Waals surface area (Å²) in [5.41, 5.74) is 4.42. The van der Waals surface area contributed by atoms with Crippen molar-refractivity contribution in [2.24, 2.45) is 5.92 Å². The summed E-state index contributed by atoms with van der Waals surface area (Å²) in [6, 6.07) is 16.3. The molecule has 0 spiro atoms. The van der Waals surface area contributed by atoms with Gasteiger partial charge in [-0.1, -0.05) is 30.3 Å². The number of rotatable bonds is 4. The largest absolute Gasteiger partial charge is 0.490 e. The fourth-order valence-corrected chi connectivity index (χ4v) is 4.58. The highest BCUT2D eigenvalue weighted by atomic mass is 19.4. The van der Waals surface area contributed by atoms with E-state index in [1.807, 2.05) is 41.0 Å². The second-order valence-electron chi connectivity index (χ2n) is 8.73. The smallest absolute Gasteiger partial charge is 0.475 e. The number of aliphatic carboxylic acids is 1. The maximum Gasteiger partial charge on any atom is 0.490 e. The van der Waals surface area contributed by atoms with Gasteiger partial charge < -0.3 is 19.6 Å². The second-order valence-corrected chi connectivity index (χ2v) is 8.73. The van der Waals surface area contributed by atoms with Crippen molar-refractivity contribution in [1.29, 1.82) is 0 Å². The van der Waals surface area contributed by atoms with Gasteiger partial charge in [0.15, 0.2) is 0 Å². The van der Waals surface area contributed by atoms with E-state index < -0.39 is 12.1 Å². The number of fused-ring (bicyclic) bond motifs is 2. The van der Waals surface area contributed by atoms with Crippen LogP contribution >= 0.6 is 0 Å². The molecule has 4 aromatic rings. The second kappa shape index (κ2) is 10.5. The summed E-state index contributed by atoms with van der Waals surface area (Å²) >= 11 is 0. The number of carboxylic acid groups (broad SMARTS) is 1. The Bertz CT molecular complexity index is 1440. The van der Waals surface area contributed by atoms with Crippen LogP contribution in [0.5, 0.6) is 0 Å². The molecule has 5 rings (SSSR count). The summed E-state index contributed by atoms with van der Waals surface area (Å²) in [6.45, 7) is 5.75. The van der Waals surface area contributed by atoms with Crippen LogP contribution in [0.1, 0.15) is 19.8 Å². The molecule has 1 unspecified atom stereocenters. The third-order valence-electron chi connectivity index (χ3n) is 6.32. The number of hydrogen-bond donors (Lipinski definition) is 2. The van der Waals surface area contributed by atoms with Gasteiger partial charge in [0.2, 0.25) is 0 Å². The minimum absolute atomic E-state index is 0.00767. The molecular formula is C26H27F3N4O3. The number of piperidine rings is 1. The minimum Gasteiger partial charge on any atom is -0.475 e. The fourth-order valence-electron chi connectivity index (χ4n) is 4.58. The molecule has 3 heterocycles. The van der Waals surface area contributed by atoms with E-state index in [-0.39, 0.29) is 5.56 Å². The van der Waals surface area contributed by atoms with E-state index in [9.17, 15) is 18.0 Å². The predicted molar refractivity (Wildman–Crippen MR) is 132 cm³/mol. The van der Waals surface area contributed by atoms with E-state index in [2.05, 4.69) is 35.1 Å². The molecule has 0 aliphatic carbocycles. The average Bonchev–Trinajstić information content (AvgIpc) is 3.25. The molecule has 1 aliphatic rings. The van der Waals surface area contributed by atoms with Crippen molar-refractivity contribution in [2.75, 3.05) is 13.1 Å². The van der Waals surface area contributed by atoms with Crippen LogP contribution < -0.4 is 10.9 Å². The predicted octanol–water partition coefficient (Wildman–Crippen LogP) is 4.67. The molecule has 0 radical (unpaired) electrons. The highest BCUT2D eigenvalue weighted by Gasteiger charge is 2.38. The van der Waals surface area contributed by atoms with Crippen molar-refractivity contribution in [2.45, 2.75) is 39.0 Å². The standard InChI is InChI=1S/C24H26N4O.C2HF3O2/c1-2-27-16-19(18-9-3-5-11-21(18)27)23-24(29)28(15-17-8-7-13-25-14-17)22-12-6-4-10-20(22)26-23;3-2(4,5)1(6)7/h3-6,9-12,16-17,25H,2,7-8,13-15H2,1H3;(H,6,7). The highest BCUT2D eigenvalue weighted by Crippen LogP contribution is 2.29. The van der Waals surface area contributed by atoms with Gasteiger partial charge in [-0.15, -0.1) is 0 Å². The monoisotopic (exact) mass is 500 g/mol. The van der Waals surface area contributed by atoms with E-state index in [0.717, 1.165) is 60.1 Å². The van der Waals surface area contributed by atoms with E-state index >= 15 is 0 Å². The summed E-state index contributed by atoms with van der Waals surface area (Å²) in [5, 5.41) is 11.7. The van der Waals surface area contributed by atoms with Crippen molar-refractivity contribution in [1.82, 2.24) is 19.4 Å². The third-order valence-corrected chi connectivity index (χ3v) is 6.32. The van der Waals surface area contributed by atoms with Gasteiger partial charge in [0, 0.05) is 35.8 Å². The van der Waals surface area contributed by atoms with Crippen LogP contribution in [0.15, 0.2) is 59.5 Å². The average molecular weight is 501 g/mol. The van der Waals surface area contributed by atoms with Crippen molar-refractivity contribution in [3.05, 3.63) is 65.1 Å². The molecule has 2 aromatic heterocycles. The Morgan fingerprint density at radius 2 is 1.81 bits per heavy atom. The SMILES string of the molecule is CCn1cc(-c2nc3ccccc3n(CC3CCCNC3)c2=O)c2ccccc21.O=C(O)C(F)(F)F. The first-order valence-corrected chi connectivity index (χ1v) is 11.8. The van der Waals surface area contributed by atoms with Crippen molar-refractivity contribution < 1.29 is 23.1 Å². The van der Waals surface area contributed by atoms with Crippen LogP contribution in [-0.4, -0.2) is 44.5 Å². The Balaban J connectivity index is 0.000000384. The lowest BCUT2D eigenvalue weighted by molar-refractivity contribution is -0.192. The molecule has 0 bridgehead atoms. The Morgan fingerprint density at radius 3 is 2.44 bits per heavy atom. The van der Waals surface area contributed by atoms with E-state index in [0.29, 0.717) is 11.6 Å². The van der Waals surface area contributed by atoms with E-state index in [1.165, 1.54) is 6.42 Å². The van der Waals surface area contributed by atoms with E-state index in [4.69, 9.17) is 14.9 Å². The minimum atomic E-state index is -5.08. The Kier molecular flexibility index (Phi) is 7.44. The van der Waals surface area contributed by atoms with Gasteiger partial charge >= 0.3 is 12.1 Å². The van der Waals surface area contributed by atoms with Crippen molar-refractivity contribution in [3.8, 4) is 11.3 Å². The van der Waals surface area contributed by atoms with Gasteiger partial charge in [-0.3, -0.25) is 4.79 Å². The molecule has 1 atom stereocenters. The lowest BCUT2D eigenvalue weighted by Gasteiger charge is -2.24. The lowest BCUT2D eigenvalue weighted by atomic mass is 9.99. The first-order valence-electron chi connectivity index (χ1n) is 11.8. The summed E-state index contributed by atoms with van der Waals surface area (Å²) in [6.07, 6.45) is -0.685. The molecule has 36 heavy (non-hydrogen) atoms. The van der Waals surface area contributed by atoms with Crippen molar-refractivity contribution >= 4 is 27.9 Å². The number of halogens is 3. The van der Waals surface area contributed by atoms with Crippen LogP contribution in [0.4, 0.5) is 13.2 Å². The number of nitrogens with one attached hydrogen (secondary N) is 1. The van der Waals surface area contributed by atoms with Gasteiger partial charge in [-0.25, -0.2) is 9.78 Å². The maximum atomic E-state index is 13.7. The number of nitrogens with zero attached hydrogens (tertiary/aromatic N) is 3. The van der Waals surface area contributed by atoms with Crippen LogP contribution in [0, 0.1) is 5.92 Å². The number of aromatic nitrogens is 3. The Labute approximate surface area is 205 Å². The number of para-hydroxylation sites is 3. The topological polar surface area (TPSA) is 89.2 Å². The zero-order chi connectivity index (χ0) is 25.9. The van der Waals surface area contributed by atoms with Gasteiger partial charge in [0.05, 0.1) is 11.0 Å². The van der Waals surface area contributed by atoms with Gasteiger partial charge in [0.1, 0.15) is 5.69 Å². The Hall–Kier alpha value is -3.66. The number of alkyl halides is 3. The molecular weight excluding hydrogens is 473 g/mol. The molecule has 7 nitrogen and oxygen atoms in total. The number of aryl methyl sites for hydroxylation is 1. The van der Waals surface area contributed by atoms with Crippen molar-refractivity contribution in [3.63, 3.8) is 0 Å². The molecule has 0 saturated carbocycles. The molecule has 1 aliphatic heterocycles. The van der Waals surface area contributed by atoms with Crippen LogP contribution in [0.25, 0.3) is 33.2 Å². The highest BCUT2D eigenvalue weighted by molar-refractivity contribution is 5.95. The number of carbonyl (C=O) groups is 1. The number of carboxylic acids is 1. The number of hydrogen-bond acceptors (Lipinski definition) is 4. The molecule has 2 aromatic carbocycles. The van der Waals surface area contributed by atoms with Crippen LogP contribution in [0.3, 0.4) is 0 Å². The van der Waals surface area contributed by atoms with Crippen LogP contribution in [-0.2, 0) is 17.9 Å². The normalized spacial score (nSPS) is 16.1. The summed E-state index contributed by atoms with van der Waals surface area (Å²) < 4.78 is 35.9. The molecule has 2 N–H and O–H groups in total. The molecule has 1 fully saturated rings. The first kappa shape index (κ1) is 25.4. The third kappa shape index (κ3) is 5.28. The van der Waals surface area contributed by atoms with Gasteiger partial charge in [-0.2, -0.15) is 13.2 Å². The van der Waals surface area contributed by atoms with E-state index in [1.54, 1.807) is 0 Å². The maximum absolute atomic E-state index is 13.7. The molecule has 190 valence electrons. The molecule has 0 amide bonds. The molecule has 1 saturated heterocycles. The quantitative estimate of drug-likeness (QED) is 0.425. The fraction of sp³-hybridized carbons (Fsp3) is 0.346. The summed E-state index contributed by atoms with van der Waals surface area (Å²) in [7, 11) is 0. The first-order chi connectivity index (χ1) is 17.2. The summed E-state index contributed by atoms with van der Waals surface area (Å²) in [4.78, 5) is 27.4. The molecule has 10 heteroatoms. The summed E-state index contributed by atoms with van der Waals surface area (Å²) in [5.74, 6) is -2.29. The van der Waals surface area contributed by atoms with Gasteiger partial charge in [0.25, 0.3) is 5.56 Å². The zero-order valence-corrected chi connectivity index (χ0v) is 19.8. The van der Waals surface area contributed by atoms with Gasteiger partial charge in [-0.05, 0) is 57.0 Å². The van der Waals surface area contributed by atoms with Crippen LogP contribution in [0.2, 0.25) is 0 Å². The number of benzene rings is 2. The Morgan fingerprint density at radius 1 is 1.14 bits per heavy atom. The zero-order valence-electron chi connectivity index (χ0n) is 19.8.